The summed E-state index contributed by atoms with van der Waals surface area (Å²) in [6.07, 6.45) is -1.02. The number of nitrogens with zero attached hydrogens (tertiary/aromatic N) is 1. The van der Waals surface area contributed by atoms with E-state index in [0.717, 1.165) is 32.1 Å². The lowest BCUT2D eigenvalue weighted by molar-refractivity contribution is -0.141. The molecule has 1 heterocycles. The minimum atomic E-state index is -5.00. The quantitative estimate of drug-likeness (QED) is 0.321. The van der Waals surface area contributed by atoms with Crippen molar-refractivity contribution in [3.8, 4) is 0 Å². The maximum atomic E-state index is 13.6. The van der Waals surface area contributed by atoms with Gasteiger partial charge in [0.25, 0.3) is 11.8 Å². The Labute approximate surface area is 217 Å². The minimum absolute atomic E-state index is 0.155. The van der Waals surface area contributed by atoms with Crippen molar-refractivity contribution in [2.45, 2.75) is 77.2 Å². The van der Waals surface area contributed by atoms with E-state index in [9.17, 15) is 35.9 Å². The number of fused-ring (bicyclic) bond motifs is 5. The Kier molecular flexibility index (Phi) is 6.23. The van der Waals surface area contributed by atoms with Gasteiger partial charge < -0.3 is 10.2 Å². The fraction of sp³-hybridized carbons (Fsp3) is 0.643. The predicted octanol–water partition coefficient (Wildman–Crippen LogP) is 7.06. The fourth-order valence-electron chi connectivity index (χ4n) is 8.31. The van der Waals surface area contributed by atoms with Gasteiger partial charge in [-0.15, -0.1) is 0 Å². The highest BCUT2D eigenvalue weighted by Crippen LogP contribution is 2.64. The van der Waals surface area contributed by atoms with E-state index in [-0.39, 0.29) is 23.6 Å². The second-order valence-corrected chi connectivity index (χ2v) is 12.1. The van der Waals surface area contributed by atoms with Crippen molar-refractivity contribution in [1.82, 2.24) is 4.90 Å². The van der Waals surface area contributed by atoms with Crippen LogP contribution in [0.3, 0.4) is 0 Å². The molecule has 0 spiro atoms. The summed E-state index contributed by atoms with van der Waals surface area (Å²) in [6, 6.07) is 0.732. The van der Waals surface area contributed by atoms with E-state index in [4.69, 9.17) is 0 Å². The summed E-state index contributed by atoms with van der Waals surface area (Å²) in [6.45, 7) is 4.38. The summed E-state index contributed by atoms with van der Waals surface area (Å²) >= 11 is 0. The van der Waals surface area contributed by atoms with E-state index < -0.39 is 46.4 Å². The number of nitrogens with one attached hydrogen (secondary N) is 1. The van der Waals surface area contributed by atoms with Crippen molar-refractivity contribution in [1.29, 1.82) is 0 Å². The first-order valence-corrected chi connectivity index (χ1v) is 13.2. The standard InChI is InChI=1S/C28H32F6N2O2/c1-25-11-4-5-18(25)16-7-9-22-26(2,19(16)10-12-25)14-17(24(38)36(22)3)23(37)35-21-13-15(27(29,30)31)6-8-20(21)28(32,33)34/h6,8,13-14,16,18-19,22H,4-5,7,9-12H2,1-3H3,(H,35,37)/t16-,18-,19+,22?,25-,26+/m0/s1. The first-order valence-electron chi connectivity index (χ1n) is 13.2. The van der Waals surface area contributed by atoms with Gasteiger partial charge in [0, 0.05) is 18.5 Å². The Morgan fingerprint density at radius 2 is 1.68 bits per heavy atom. The maximum absolute atomic E-state index is 13.6. The number of hydrogen-bond donors (Lipinski definition) is 1. The molecule has 0 bridgehead atoms. The Balaban J connectivity index is 1.51. The number of likely N-dealkylation sites (N-methyl/N-ethyl adjacent to an activating group) is 1. The molecule has 10 heteroatoms. The van der Waals surface area contributed by atoms with Gasteiger partial charge in [0.15, 0.2) is 0 Å². The number of hydrogen-bond acceptors (Lipinski definition) is 2. The van der Waals surface area contributed by atoms with E-state index in [1.807, 2.05) is 12.2 Å². The van der Waals surface area contributed by atoms with Gasteiger partial charge in [-0.05, 0) is 79.9 Å². The lowest BCUT2D eigenvalue weighted by Crippen LogP contribution is -2.60. The van der Waals surface area contributed by atoms with E-state index in [1.54, 1.807) is 13.1 Å². The average molecular weight is 543 g/mol. The van der Waals surface area contributed by atoms with Crippen LogP contribution in [0.2, 0.25) is 0 Å². The third-order valence-corrected chi connectivity index (χ3v) is 10.1. The molecule has 1 aromatic carbocycles. The molecular weight excluding hydrogens is 510 g/mol. The van der Waals surface area contributed by atoms with Crippen molar-refractivity contribution in [3.63, 3.8) is 0 Å². The van der Waals surface area contributed by atoms with Gasteiger partial charge in [-0.25, -0.2) is 0 Å². The summed E-state index contributed by atoms with van der Waals surface area (Å²) in [4.78, 5) is 28.1. The molecule has 1 unspecified atom stereocenters. The molecule has 38 heavy (non-hydrogen) atoms. The zero-order valence-corrected chi connectivity index (χ0v) is 21.6. The molecule has 5 rings (SSSR count). The summed E-state index contributed by atoms with van der Waals surface area (Å²) in [5.41, 5.74) is -4.36. The minimum Gasteiger partial charge on any atom is -0.338 e. The van der Waals surface area contributed by atoms with Crippen LogP contribution in [0.5, 0.6) is 0 Å². The summed E-state index contributed by atoms with van der Waals surface area (Å²) in [5.74, 6) is -0.567. The van der Waals surface area contributed by atoms with Gasteiger partial charge in [-0.3, -0.25) is 9.59 Å². The molecule has 2 amide bonds. The fourth-order valence-corrected chi connectivity index (χ4v) is 8.31. The molecule has 6 atom stereocenters. The van der Waals surface area contributed by atoms with Crippen LogP contribution in [0.4, 0.5) is 32.0 Å². The Morgan fingerprint density at radius 1 is 0.974 bits per heavy atom. The lowest BCUT2D eigenvalue weighted by Gasteiger charge is -2.60. The number of carbonyl (C=O) groups is 2. The van der Waals surface area contributed by atoms with Gasteiger partial charge in [0.05, 0.1) is 16.8 Å². The molecule has 4 nitrogen and oxygen atoms in total. The van der Waals surface area contributed by atoms with Crippen molar-refractivity contribution in [2.75, 3.05) is 12.4 Å². The van der Waals surface area contributed by atoms with Gasteiger partial charge in [-0.1, -0.05) is 26.3 Å². The monoisotopic (exact) mass is 542 g/mol. The van der Waals surface area contributed by atoms with Crippen LogP contribution >= 0.6 is 0 Å². The number of anilines is 1. The van der Waals surface area contributed by atoms with Crippen molar-refractivity contribution >= 4 is 17.5 Å². The third-order valence-electron chi connectivity index (χ3n) is 10.1. The van der Waals surface area contributed by atoms with Gasteiger partial charge >= 0.3 is 12.4 Å². The molecule has 0 aromatic heterocycles. The highest BCUT2D eigenvalue weighted by Gasteiger charge is 2.59. The van der Waals surface area contributed by atoms with Crippen LogP contribution in [0.1, 0.15) is 69.9 Å². The van der Waals surface area contributed by atoms with Crippen LogP contribution in [-0.2, 0) is 21.9 Å². The van der Waals surface area contributed by atoms with Crippen LogP contribution in [0.25, 0.3) is 0 Å². The molecule has 3 aliphatic carbocycles. The number of amides is 2. The zero-order valence-electron chi connectivity index (χ0n) is 21.6. The normalized spacial score (nSPS) is 35.2. The smallest absolute Gasteiger partial charge is 0.338 e. The van der Waals surface area contributed by atoms with Crippen molar-refractivity contribution in [3.05, 3.63) is 41.0 Å². The Morgan fingerprint density at radius 3 is 2.34 bits per heavy atom. The van der Waals surface area contributed by atoms with Crippen LogP contribution in [0.15, 0.2) is 29.8 Å². The number of benzene rings is 1. The molecule has 0 saturated heterocycles. The van der Waals surface area contributed by atoms with Crippen molar-refractivity contribution < 1.29 is 35.9 Å². The number of alkyl halides is 6. The van der Waals surface area contributed by atoms with Gasteiger partial charge in [0.2, 0.25) is 0 Å². The van der Waals surface area contributed by atoms with Gasteiger partial charge in [0.1, 0.15) is 5.57 Å². The SMILES string of the molecule is CN1C(=O)C(C(=O)Nc2cc(C(F)(F)F)ccc2C(F)(F)F)=C[C@@]2(C)C1CC[C@@H]1[C@H]2CC[C@]2(C)CCC[C@@H]12. The van der Waals surface area contributed by atoms with Crippen LogP contribution in [-0.4, -0.2) is 29.8 Å². The summed E-state index contributed by atoms with van der Waals surface area (Å²) in [7, 11) is 1.60. The Bertz CT molecular complexity index is 1190. The number of carbonyl (C=O) groups excluding carboxylic acids is 2. The van der Waals surface area contributed by atoms with Gasteiger partial charge in [-0.2, -0.15) is 26.3 Å². The zero-order chi connectivity index (χ0) is 27.8. The number of halogens is 6. The van der Waals surface area contributed by atoms with E-state index in [1.165, 1.54) is 17.7 Å². The first kappa shape index (κ1) is 27.1. The third kappa shape index (κ3) is 4.22. The molecule has 4 aliphatic rings. The second kappa shape index (κ2) is 8.74. The largest absolute Gasteiger partial charge is 0.418 e. The molecule has 208 valence electrons. The summed E-state index contributed by atoms with van der Waals surface area (Å²) in [5, 5.41) is 2.00. The van der Waals surface area contributed by atoms with E-state index in [2.05, 4.69) is 6.92 Å². The van der Waals surface area contributed by atoms with Crippen LogP contribution < -0.4 is 5.32 Å². The van der Waals surface area contributed by atoms with E-state index >= 15 is 0 Å². The first-order chi connectivity index (χ1) is 17.6. The van der Waals surface area contributed by atoms with Crippen LogP contribution in [0, 0.1) is 28.6 Å². The Hall–Kier alpha value is -2.52. The maximum Gasteiger partial charge on any atom is 0.418 e. The highest BCUT2D eigenvalue weighted by molar-refractivity contribution is 6.23. The molecule has 3 fully saturated rings. The second-order valence-electron chi connectivity index (χ2n) is 12.1. The average Bonchev–Trinajstić information content (AvgIpc) is 3.22. The van der Waals surface area contributed by atoms with E-state index in [0.29, 0.717) is 29.4 Å². The highest BCUT2D eigenvalue weighted by atomic mass is 19.4. The van der Waals surface area contributed by atoms with Crippen molar-refractivity contribution in [2.24, 2.45) is 28.6 Å². The summed E-state index contributed by atoms with van der Waals surface area (Å²) < 4.78 is 80.5. The number of rotatable bonds is 2. The molecular formula is C28H32F6N2O2. The molecule has 1 aromatic rings. The molecule has 1 N–H and O–H groups in total. The topological polar surface area (TPSA) is 49.4 Å². The lowest BCUT2D eigenvalue weighted by atomic mass is 9.48. The molecule has 0 radical (unpaired) electrons. The predicted molar refractivity (Wildman–Crippen MR) is 129 cm³/mol. The molecule has 3 saturated carbocycles. The molecule has 1 aliphatic heterocycles.